The largest absolute Gasteiger partial charge is 0.342 e. The number of aldehydes is 1. The third-order valence-electron chi connectivity index (χ3n) is 3.57. The van der Waals surface area contributed by atoms with Gasteiger partial charge >= 0.3 is 0 Å². The van der Waals surface area contributed by atoms with Crippen molar-refractivity contribution < 1.29 is 28.5 Å². The SMILES string of the molecule is CC1(C)O[C@H]2[C@@H](O1)[C@@H](/C=C/C=O)O[C@@H]1OC(C)(C)O[C@@H]12. The van der Waals surface area contributed by atoms with Crippen LogP contribution in [0, 0.1) is 0 Å². The lowest BCUT2D eigenvalue weighted by molar-refractivity contribution is -0.222. The quantitative estimate of drug-likeness (QED) is 0.559. The van der Waals surface area contributed by atoms with Crippen molar-refractivity contribution in [3.63, 3.8) is 0 Å². The predicted molar refractivity (Wildman–Crippen MR) is 67.7 cm³/mol. The second kappa shape index (κ2) is 4.61. The standard InChI is InChI=1S/C14H20O6/c1-13(2)17-9-8(6-5-7-15)16-12-11(10(9)18-13)19-14(3,4)20-12/h5-12H,1-4H3/b6-5+/t8-,9+,10+,11-,12-/m1/s1. The molecule has 3 heterocycles. The lowest BCUT2D eigenvalue weighted by atomic mass is 9.99. The van der Waals surface area contributed by atoms with E-state index in [4.69, 9.17) is 23.7 Å². The summed E-state index contributed by atoms with van der Waals surface area (Å²) in [6.45, 7) is 7.37. The molecule has 0 unspecified atom stereocenters. The van der Waals surface area contributed by atoms with E-state index in [-0.39, 0.29) is 18.3 Å². The van der Waals surface area contributed by atoms with Crippen LogP contribution in [0.4, 0.5) is 0 Å². The number of carbonyl (C=O) groups is 1. The van der Waals surface area contributed by atoms with Crippen LogP contribution < -0.4 is 0 Å². The highest BCUT2D eigenvalue weighted by atomic mass is 16.9. The number of allylic oxidation sites excluding steroid dienone is 1. The summed E-state index contributed by atoms with van der Waals surface area (Å²) < 4.78 is 29.3. The van der Waals surface area contributed by atoms with E-state index in [1.165, 1.54) is 6.08 Å². The van der Waals surface area contributed by atoms with Gasteiger partial charge in [0.25, 0.3) is 0 Å². The van der Waals surface area contributed by atoms with Crippen molar-refractivity contribution in [2.45, 2.75) is 70.0 Å². The van der Waals surface area contributed by atoms with E-state index >= 15 is 0 Å². The molecular weight excluding hydrogens is 264 g/mol. The molecule has 0 radical (unpaired) electrons. The molecule has 5 atom stereocenters. The highest BCUT2D eigenvalue weighted by Gasteiger charge is 2.60. The van der Waals surface area contributed by atoms with Crippen molar-refractivity contribution in [2.24, 2.45) is 0 Å². The molecule has 3 aliphatic heterocycles. The molecule has 0 spiro atoms. The molecule has 0 aromatic carbocycles. The van der Waals surface area contributed by atoms with Crippen molar-refractivity contribution in [1.29, 1.82) is 0 Å². The zero-order valence-corrected chi connectivity index (χ0v) is 12.1. The smallest absolute Gasteiger partial charge is 0.190 e. The van der Waals surface area contributed by atoms with Crippen molar-refractivity contribution in [3.8, 4) is 0 Å². The van der Waals surface area contributed by atoms with Gasteiger partial charge < -0.3 is 23.7 Å². The number of ether oxygens (including phenoxy) is 5. The lowest BCUT2D eigenvalue weighted by Gasteiger charge is -2.35. The average molecular weight is 284 g/mol. The van der Waals surface area contributed by atoms with Crippen LogP contribution in [0.1, 0.15) is 27.7 Å². The summed E-state index contributed by atoms with van der Waals surface area (Å²) >= 11 is 0. The molecule has 0 bridgehead atoms. The van der Waals surface area contributed by atoms with Crippen molar-refractivity contribution in [1.82, 2.24) is 0 Å². The molecule has 0 aliphatic carbocycles. The third kappa shape index (κ3) is 2.42. The first-order chi connectivity index (χ1) is 9.31. The molecule has 3 saturated heterocycles. The molecule has 20 heavy (non-hydrogen) atoms. The van der Waals surface area contributed by atoms with Gasteiger partial charge in [0.15, 0.2) is 17.9 Å². The van der Waals surface area contributed by atoms with Crippen molar-refractivity contribution in [3.05, 3.63) is 12.2 Å². The third-order valence-corrected chi connectivity index (χ3v) is 3.57. The number of rotatable bonds is 2. The maximum Gasteiger partial charge on any atom is 0.190 e. The second-order valence-corrected chi connectivity index (χ2v) is 6.15. The predicted octanol–water partition coefficient (Wildman–Crippen LogP) is 1.14. The highest BCUT2D eigenvalue weighted by molar-refractivity contribution is 5.64. The Morgan fingerprint density at radius 3 is 2.15 bits per heavy atom. The van der Waals surface area contributed by atoms with Crippen LogP contribution in [0.2, 0.25) is 0 Å². The topological polar surface area (TPSA) is 63.2 Å². The van der Waals surface area contributed by atoms with E-state index in [1.54, 1.807) is 6.08 Å². The van der Waals surface area contributed by atoms with Gasteiger partial charge in [0.2, 0.25) is 0 Å². The zero-order chi connectivity index (χ0) is 14.5. The van der Waals surface area contributed by atoms with Crippen LogP contribution in [0.5, 0.6) is 0 Å². The maximum absolute atomic E-state index is 10.5. The summed E-state index contributed by atoms with van der Waals surface area (Å²) in [6, 6.07) is 0. The van der Waals surface area contributed by atoms with Crippen LogP contribution in [-0.2, 0) is 28.5 Å². The second-order valence-electron chi connectivity index (χ2n) is 6.15. The van der Waals surface area contributed by atoms with Gasteiger partial charge in [-0.15, -0.1) is 0 Å². The molecule has 3 aliphatic rings. The Balaban J connectivity index is 1.87. The first-order valence-electron chi connectivity index (χ1n) is 6.80. The summed E-state index contributed by atoms with van der Waals surface area (Å²) in [4.78, 5) is 10.5. The number of hydrogen-bond donors (Lipinski definition) is 0. The van der Waals surface area contributed by atoms with Gasteiger partial charge in [-0.3, -0.25) is 4.79 Å². The Labute approximate surface area is 118 Å². The van der Waals surface area contributed by atoms with Crippen LogP contribution >= 0.6 is 0 Å². The molecule has 0 amide bonds. The molecule has 6 nitrogen and oxygen atoms in total. The van der Waals surface area contributed by atoms with Gasteiger partial charge in [0, 0.05) is 0 Å². The number of carbonyl (C=O) groups excluding carboxylic acids is 1. The van der Waals surface area contributed by atoms with Gasteiger partial charge in [0.1, 0.15) is 30.7 Å². The van der Waals surface area contributed by atoms with Gasteiger partial charge in [-0.1, -0.05) is 0 Å². The lowest BCUT2D eigenvalue weighted by Crippen LogP contribution is -2.54. The van der Waals surface area contributed by atoms with Crippen LogP contribution in [0.3, 0.4) is 0 Å². The Morgan fingerprint density at radius 2 is 1.45 bits per heavy atom. The molecule has 6 heteroatoms. The summed E-state index contributed by atoms with van der Waals surface area (Å²) in [6.07, 6.45) is 1.92. The van der Waals surface area contributed by atoms with Crippen molar-refractivity contribution >= 4 is 6.29 Å². The van der Waals surface area contributed by atoms with Gasteiger partial charge in [-0.2, -0.15) is 0 Å². The van der Waals surface area contributed by atoms with E-state index in [9.17, 15) is 4.79 Å². The van der Waals surface area contributed by atoms with Gasteiger partial charge in [-0.25, -0.2) is 0 Å². The number of fused-ring (bicyclic) bond motifs is 3. The monoisotopic (exact) mass is 284 g/mol. The minimum atomic E-state index is -0.723. The first kappa shape index (κ1) is 14.2. The Kier molecular flexibility index (Phi) is 3.26. The first-order valence-corrected chi connectivity index (χ1v) is 6.80. The van der Waals surface area contributed by atoms with Crippen LogP contribution in [0.25, 0.3) is 0 Å². The zero-order valence-electron chi connectivity index (χ0n) is 12.1. The fourth-order valence-electron chi connectivity index (χ4n) is 2.95. The Hall–Kier alpha value is -0.790. The molecule has 0 aromatic rings. The van der Waals surface area contributed by atoms with E-state index in [2.05, 4.69) is 0 Å². The summed E-state index contributed by atoms with van der Waals surface area (Å²) in [5.41, 5.74) is 0. The molecular formula is C14H20O6. The van der Waals surface area contributed by atoms with E-state index < -0.39 is 24.0 Å². The average Bonchev–Trinajstić information content (AvgIpc) is 2.80. The minimum absolute atomic E-state index is 0.285. The van der Waals surface area contributed by atoms with Crippen LogP contribution in [-0.4, -0.2) is 48.6 Å². The van der Waals surface area contributed by atoms with Crippen LogP contribution in [0.15, 0.2) is 12.2 Å². The minimum Gasteiger partial charge on any atom is -0.342 e. The normalized spacial score (nSPS) is 45.3. The van der Waals surface area contributed by atoms with E-state index in [1.807, 2.05) is 27.7 Å². The summed E-state index contributed by atoms with van der Waals surface area (Å²) in [7, 11) is 0. The summed E-state index contributed by atoms with van der Waals surface area (Å²) in [5.74, 6) is -1.43. The molecule has 3 fully saturated rings. The van der Waals surface area contributed by atoms with Crippen molar-refractivity contribution in [2.75, 3.05) is 0 Å². The van der Waals surface area contributed by atoms with E-state index in [0.29, 0.717) is 6.29 Å². The fourth-order valence-corrected chi connectivity index (χ4v) is 2.95. The molecule has 0 saturated carbocycles. The Morgan fingerprint density at radius 1 is 0.850 bits per heavy atom. The maximum atomic E-state index is 10.5. The van der Waals surface area contributed by atoms with E-state index in [0.717, 1.165) is 0 Å². The Bertz CT molecular complexity index is 429. The molecule has 0 N–H and O–H groups in total. The fraction of sp³-hybridized carbons (Fsp3) is 0.786. The molecule has 112 valence electrons. The molecule has 0 aromatic heterocycles. The number of hydrogen-bond acceptors (Lipinski definition) is 6. The van der Waals surface area contributed by atoms with Gasteiger partial charge in [0.05, 0.1) is 0 Å². The molecule has 3 rings (SSSR count). The summed E-state index contributed by atoms with van der Waals surface area (Å²) in [5, 5.41) is 0. The highest BCUT2D eigenvalue weighted by Crippen LogP contribution is 2.44. The van der Waals surface area contributed by atoms with Gasteiger partial charge in [-0.05, 0) is 39.8 Å².